The highest BCUT2D eigenvalue weighted by Gasteiger charge is 2.22. The quantitative estimate of drug-likeness (QED) is 0.710. The highest BCUT2D eigenvalue weighted by Crippen LogP contribution is 2.20. The summed E-state index contributed by atoms with van der Waals surface area (Å²) in [5.41, 5.74) is 0.549. The van der Waals surface area contributed by atoms with Crippen molar-refractivity contribution in [2.45, 2.75) is 33.6 Å². The minimum Gasteiger partial charge on any atom is -0.466 e. The predicted octanol–water partition coefficient (Wildman–Crippen LogP) is 3.02. The van der Waals surface area contributed by atoms with Gasteiger partial charge in [-0.05, 0) is 26.3 Å². The molecule has 1 heterocycles. The number of ketones is 1. The Labute approximate surface area is 89.7 Å². The second kappa shape index (κ2) is 4.79. The normalized spacial score (nSPS) is 12.1. The van der Waals surface area contributed by atoms with E-state index in [0.29, 0.717) is 23.5 Å². The fraction of sp³-hybridized carbons (Fsp3) is 0.500. The molecule has 0 saturated heterocycles. The van der Waals surface area contributed by atoms with Crippen LogP contribution in [0.1, 0.15) is 41.6 Å². The molecule has 0 aliphatic rings. The van der Waals surface area contributed by atoms with E-state index >= 15 is 0 Å². The first-order chi connectivity index (χ1) is 7.10. The number of aryl methyl sites for hydroxylation is 2. The Morgan fingerprint density at radius 1 is 1.60 bits per heavy atom. The van der Waals surface area contributed by atoms with E-state index in [0.717, 1.165) is 6.42 Å². The van der Waals surface area contributed by atoms with E-state index in [2.05, 4.69) is 0 Å². The van der Waals surface area contributed by atoms with Crippen LogP contribution in [0.3, 0.4) is 0 Å². The number of Topliss-reactive ketones (excluding diaryl/α,β-unsaturated/α-hetero) is 1. The van der Waals surface area contributed by atoms with Gasteiger partial charge in [-0.15, -0.1) is 0 Å². The minimum atomic E-state index is -0.536. The van der Waals surface area contributed by atoms with Gasteiger partial charge in [0, 0.05) is 0 Å². The first-order valence-corrected chi connectivity index (χ1v) is 5.11. The largest absolute Gasteiger partial charge is 0.466 e. The Hall–Kier alpha value is -1.56. The van der Waals surface area contributed by atoms with Crippen LogP contribution in [0.4, 0.5) is 0 Å². The molecule has 0 N–H and O–H groups in total. The summed E-state index contributed by atoms with van der Waals surface area (Å²) in [7, 11) is 0. The van der Waals surface area contributed by atoms with Crippen molar-refractivity contribution in [3.8, 4) is 6.07 Å². The van der Waals surface area contributed by atoms with Gasteiger partial charge < -0.3 is 4.42 Å². The fourth-order valence-corrected chi connectivity index (χ4v) is 1.61. The molecule has 0 spiro atoms. The molecule has 1 atom stereocenters. The SMILES string of the molecule is CCCC(C#N)C(=O)c1cc(C)oc1C. The van der Waals surface area contributed by atoms with Crippen LogP contribution in [0.25, 0.3) is 0 Å². The minimum absolute atomic E-state index is 0.117. The van der Waals surface area contributed by atoms with Crippen LogP contribution in [-0.4, -0.2) is 5.78 Å². The summed E-state index contributed by atoms with van der Waals surface area (Å²) in [6, 6.07) is 3.75. The van der Waals surface area contributed by atoms with Crippen molar-refractivity contribution in [2.24, 2.45) is 5.92 Å². The zero-order chi connectivity index (χ0) is 11.4. The van der Waals surface area contributed by atoms with Gasteiger partial charge >= 0.3 is 0 Å². The zero-order valence-electron chi connectivity index (χ0n) is 9.33. The maximum Gasteiger partial charge on any atom is 0.183 e. The number of rotatable bonds is 4. The van der Waals surface area contributed by atoms with Crippen molar-refractivity contribution in [2.75, 3.05) is 0 Å². The molecule has 0 radical (unpaired) electrons. The Balaban J connectivity index is 2.93. The first kappa shape index (κ1) is 11.5. The maximum atomic E-state index is 11.9. The monoisotopic (exact) mass is 205 g/mol. The van der Waals surface area contributed by atoms with Crippen molar-refractivity contribution >= 4 is 5.78 Å². The Morgan fingerprint density at radius 3 is 2.67 bits per heavy atom. The number of carbonyl (C=O) groups is 1. The second-order valence-corrected chi connectivity index (χ2v) is 3.66. The summed E-state index contributed by atoms with van der Waals surface area (Å²) in [5, 5.41) is 8.89. The van der Waals surface area contributed by atoms with Crippen LogP contribution in [0.15, 0.2) is 10.5 Å². The number of furan rings is 1. The highest BCUT2D eigenvalue weighted by atomic mass is 16.3. The lowest BCUT2D eigenvalue weighted by molar-refractivity contribution is 0.0942. The van der Waals surface area contributed by atoms with Crippen LogP contribution in [0.5, 0.6) is 0 Å². The summed E-state index contributed by atoms with van der Waals surface area (Å²) in [5.74, 6) is 0.664. The van der Waals surface area contributed by atoms with E-state index in [1.165, 1.54) is 0 Å². The molecule has 0 saturated carbocycles. The maximum absolute atomic E-state index is 11.9. The average molecular weight is 205 g/mol. The van der Waals surface area contributed by atoms with E-state index in [1.54, 1.807) is 19.9 Å². The van der Waals surface area contributed by atoms with Gasteiger partial charge in [0.1, 0.15) is 17.4 Å². The Bertz CT molecular complexity index is 398. The lowest BCUT2D eigenvalue weighted by Crippen LogP contribution is -2.12. The molecule has 1 aromatic heterocycles. The molecule has 3 heteroatoms. The molecular weight excluding hydrogens is 190 g/mol. The lowest BCUT2D eigenvalue weighted by atomic mass is 9.95. The predicted molar refractivity (Wildman–Crippen MR) is 56.5 cm³/mol. The number of hydrogen-bond donors (Lipinski definition) is 0. The van der Waals surface area contributed by atoms with Crippen molar-refractivity contribution in [1.82, 2.24) is 0 Å². The molecule has 80 valence electrons. The molecule has 0 bridgehead atoms. The van der Waals surface area contributed by atoms with Gasteiger partial charge in [-0.2, -0.15) is 5.26 Å². The van der Waals surface area contributed by atoms with Gasteiger partial charge in [-0.25, -0.2) is 0 Å². The van der Waals surface area contributed by atoms with Crippen LogP contribution < -0.4 is 0 Å². The first-order valence-electron chi connectivity index (χ1n) is 5.11. The second-order valence-electron chi connectivity index (χ2n) is 3.66. The standard InChI is InChI=1S/C12H15NO2/c1-4-5-10(7-13)12(14)11-6-8(2)15-9(11)3/h6,10H,4-5H2,1-3H3. The van der Waals surface area contributed by atoms with E-state index in [-0.39, 0.29) is 5.78 Å². The lowest BCUT2D eigenvalue weighted by Gasteiger charge is -2.04. The van der Waals surface area contributed by atoms with Gasteiger partial charge in [0.2, 0.25) is 0 Å². The molecular formula is C12H15NO2. The average Bonchev–Trinajstić information content (AvgIpc) is 2.53. The van der Waals surface area contributed by atoms with E-state index in [1.807, 2.05) is 13.0 Å². The van der Waals surface area contributed by atoms with Crippen LogP contribution in [-0.2, 0) is 0 Å². The molecule has 0 aliphatic heterocycles. The molecule has 15 heavy (non-hydrogen) atoms. The number of nitriles is 1. The van der Waals surface area contributed by atoms with Crippen molar-refractivity contribution in [3.63, 3.8) is 0 Å². The van der Waals surface area contributed by atoms with Crippen LogP contribution >= 0.6 is 0 Å². The molecule has 1 aromatic rings. The number of nitrogens with zero attached hydrogens (tertiary/aromatic N) is 1. The summed E-state index contributed by atoms with van der Waals surface area (Å²) in [6.45, 7) is 5.51. The van der Waals surface area contributed by atoms with Gasteiger partial charge in [-0.3, -0.25) is 4.79 Å². The van der Waals surface area contributed by atoms with Crippen LogP contribution in [0, 0.1) is 31.1 Å². The van der Waals surface area contributed by atoms with Gasteiger partial charge in [0.15, 0.2) is 5.78 Å². The van der Waals surface area contributed by atoms with E-state index in [9.17, 15) is 4.79 Å². The van der Waals surface area contributed by atoms with Gasteiger partial charge in [0.05, 0.1) is 11.6 Å². The molecule has 1 unspecified atom stereocenters. The topological polar surface area (TPSA) is 54.0 Å². The molecule has 0 fully saturated rings. The van der Waals surface area contributed by atoms with Crippen molar-refractivity contribution < 1.29 is 9.21 Å². The molecule has 0 aromatic carbocycles. The summed E-state index contributed by atoms with van der Waals surface area (Å²) in [6.07, 6.45) is 1.44. The molecule has 3 nitrogen and oxygen atoms in total. The Kier molecular flexibility index (Phi) is 3.68. The summed E-state index contributed by atoms with van der Waals surface area (Å²) in [4.78, 5) is 11.9. The summed E-state index contributed by atoms with van der Waals surface area (Å²) < 4.78 is 5.28. The van der Waals surface area contributed by atoms with Crippen LogP contribution in [0.2, 0.25) is 0 Å². The molecule has 0 aliphatic carbocycles. The van der Waals surface area contributed by atoms with E-state index in [4.69, 9.17) is 9.68 Å². The van der Waals surface area contributed by atoms with Crippen molar-refractivity contribution in [3.05, 3.63) is 23.2 Å². The zero-order valence-corrected chi connectivity index (χ0v) is 9.33. The third-order valence-corrected chi connectivity index (χ3v) is 2.36. The third kappa shape index (κ3) is 2.47. The van der Waals surface area contributed by atoms with Gasteiger partial charge in [-0.1, -0.05) is 13.3 Å². The van der Waals surface area contributed by atoms with Crippen molar-refractivity contribution in [1.29, 1.82) is 5.26 Å². The smallest absolute Gasteiger partial charge is 0.183 e. The number of carbonyl (C=O) groups excluding carboxylic acids is 1. The molecule has 1 rings (SSSR count). The Morgan fingerprint density at radius 2 is 2.27 bits per heavy atom. The summed E-state index contributed by atoms with van der Waals surface area (Å²) >= 11 is 0. The highest BCUT2D eigenvalue weighted by molar-refractivity contribution is 6.00. The third-order valence-electron chi connectivity index (χ3n) is 2.36. The van der Waals surface area contributed by atoms with Gasteiger partial charge in [0.25, 0.3) is 0 Å². The number of hydrogen-bond acceptors (Lipinski definition) is 3. The van der Waals surface area contributed by atoms with E-state index < -0.39 is 5.92 Å². The fourth-order valence-electron chi connectivity index (χ4n) is 1.61. The molecule has 0 amide bonds.